The number of hydrogen-bond acceptors (Lipinski definition) is 3. The summed E-state index contributed by atoms with van der Waals surface area (Å²) in [6.45, 7) is 3.37. The third-order valence-corrected chi connectivity index (χ3v) is 3.87. The van der Waals surface area contributed by atoms with Crippen LogP contribution in [0.5, 0.6) is 0 Å². The van der Waals surface area contributed by atoms with Gasteiger partial charge in [0.2, 0.25) is 0 Å². The highest BCUT2D eigenvalue weighted by molar-refractivity contribution is 9.10. The standard InChI is InChI=1S/C11H15BrN2OS/c1-2-5-15-6-8-13-10(7-3-4-7)9(12)11(16)14-8/h7H,2-6H2,1H3,(H,13,14,16). The Hall–Kier alpha value is -0.260. The first-order valence-corrected chi connectivity index (χ1v) is 6.78. The predicted molar refractivity (Wildman–Crippen MR) is 69.0 cm³/mol. The average Bonchev–Trinajstić information content (AvgIpc) is 3.07. The number of ether oxygens (including phenoxy) is 1. The van der Waals surface area contributed by atoms with Crippen LogP contribution in [-0.2, 0) is 11.3 Å². The van der Waals surface area contributed by atoms with Crippen LogP contribution in [0, 0.1) is 4.64 Å². The zero-order valence-corrected chi connectivity index (χ0v) is 11.7. The molecule has 0 atom stereocenters. The van der Waals surface area contributed by atoms with E-state index in [1.54, 1.807) is 0 Å². The van der Waals surface area contributed by atoms with Crippen LogP contribution in [0.25, 0.3) is 0 Å². The molecule has 1 aromatic heterocycles. The maximum atomic E-state index is 5.46. The molecule has 0 amide bonds. The second-order valence-electron chi connectivity index (χ2n) is 4.04. The molecule has 0 aromatic carbocycles. The van der Waals surface area contributed by atoms with E-state index in [0.717, 1.165) is 23.3 Å². The molecule has 88 valence electrons. The van der Waals surface area contributed by atoms with Gasteiger partial charge in [-0.3, -0.25) is 0 Å². The summed E-state index contributed by atoms with van der Waals surface area (Å²) >= 11 is 8.72. The van der Waals surface area contributed by atoms with E-state index in [1.165, 1.54) is 18.5 Å². The van der Waals surface area contributed by atoms with Crippen LogP contribution < -0.4 is 0 Å². The molecule has 1 saturated carbocycles. The molecule has 0 bridgehead atoms. The SMILES string of the molecule is CCCOCc1nc(=S)c(Br)c(C2CC2)[nH]1. The molecule has 2 rings (SSSR count). The van der Waals surface area contributed by atoms with Crippen LogP contribution >= 0.6 is 28.1 Å². The fraction of sp³-hybridized carbons (Fsp3) is 0.636. The number of aromatic amines is 1. The summed E-state index contributed by atoms with van der Waals surface area (Å²) < 4.78 is 7.05. The highest BCUT2D eigenvalue weighted by Gasteiger charge is 2.27. The molecular formula is C11H15BrN2OS. The molecule has 1 aliphatic carbocycles. The maximum Gasteiger partial charge on any atom is 0.144 e. The molecule has 3 nitrogen and oxygen atoms in total. The summed E-state index contributed by atoms with van der Waals surface area (Å²) in [5.41, 5.74) is 1.19. The molecule has 5 heteroatoms. The Morgan fingerprint density at radius 3 is 2.94 bits per heavy atom. The second-order valence-corrected chi connectivity index (χ2v) is 5.22. The van der Waals surface area contributed by atoms with E-state index < -0.39 is 0 Å². The first-order valence-electron chi connectivity index (χ1n) is 5.58. The summed E-state index contributed by atoms with van der Waals surface area (Å²) in [5, 5.41) is 0. The lowest BCUT2D eigenvalue weighted by Crippen LogP contribution is -2.04. The lowest BCUT2D eigenvalue weighted by atomic mass is 10.3. The van der Waals surface area contributed by atoms with Crippen LogP contribution in [0.15, 0.2) is 4.47 Å². The van der Waals surface area contributed by atoms with E-state index in [-0.39, 0.29) is 0 Å². The molecule has 0 spiro atoms. The van der Waals surface area contributed by atoms with Gasteiger partial charge in [0.15, 0.2) is 0 Å². The average molecular weight is 303 g/mol. The minimum atomic E-state index is 0.518. The van der Waals surface area contributed by atoms with Crippen molar-refractivity contribution in [3.05, 3.63) is 20.6 Å². The van der Waals surface area contributed by atoms with Crippen molar-refractivity contribution >= 4 is 28.1 Å². The third kappa shape index (κ3) is 2.90. The minimum absolute atomic E-state index is 0.518. The van der Waals surface area contributed by atoms with Crippen LogP contribution in [0.4, 0.5) is 0 Å². The smallest absolute Gasteiger partial charge is 0.144 e. The van der Waals surface area contributed by atoms with Crippen molar-refractivity contribution in [2.45, 2.75) is 38.7 Å². The molecule has 16 heavy (non-hydrogen) atoms. The first-order chi connectivity index (χ1) is 7.72. The molecule has 0 aliphatic heterocycles. The predicted octanol–water partition coefficient (Wildman–Crippen LogP) is 3.71. The van der Waals surface area contributed by atoms with Gasteiger partial charge in [-0.15, -0.1) is 0 Å². The Morgan fingerprint density at radius 2 is 2.31 bits per heavy atom. The van der Waals surface area contributed by atoms with Gasteiger partial charge in [-0.2, -0.15) is 0 Å². The summed E-state index contributed by atoms with van der Waals surface area (Å²) in [6.07, 6.45) is 3.50. The molecule has 1 N–H and O–H groups in total. The van der Waals surface area contributed by atoms with Crippen LogP contribution in [0.2, 0.25) is 0 Å². The van der Waals surface area contributed by atoms with Gasteiger partial charge in [-0.1, -0.05) is 19.1 Å². The molecular weight excluding hydrogens is 288 g/mol. The lowest BCUT2D eigenvalue weighted by Gasteiger charge is -2.07. The second kappa shape index (κ2) is 5.38. The Kier molecular flexibility index (Phi) is 4.10. The number of hydrogen-bond donors (Lipinski definition) is 1. The zero-order chi connectivity index (χ0) is 11.5. The molecule has 0 saturated heterocycles. The van der Waals surface area contributed by atoms with Crippen LogP contribution in [0.3, 0.4) is 0 Å². The van der Waals surface area contributed by atoms with Crippen molar-refractivity contribution in [3.8, 4) is 0 Å². The van der Waals surface area contributed by atoms with Gasteiger partial charge in [0, 0.05) is 18.2 Å². The van der Waals surface area contributed by atoms with Gasteiger partial charge in [0.1, 0.15) is 17.1 Å². The number of rotatable bonds is 5. The summed E-state index contributed by atoms with van der Waals surface area (Å²) in [5.74, 6) is 1.47. The molecule has 0 unspecified atom stereocenters. The van der Waals surface area contributed by atoms with E-state index in [1.807, 2.05) is 0 Å². The summed E-state index contributed by atoms with van der Waals surface area (Å²) in [7, 11) is 0. The molecule has 1 aromatic rings. The topological polar surface area (TPSA) is 37.9 Å². The van der Waals surface area contributed by atoms with Crippen LogP contribution in [0.1, 0.15) is 43.6 Å². The summed E-state index contributed by atoms with van der Waals surface area (Å²) in [6, 6.07) is 0. The number of nitrogens with zero attached hydrogens (tertiary/aromatic N) is 1. The Balaban J connectivity index is 2.16. The Morgan fingerprint density at radius 1 is 1.56 bits per heavy atom. The van der Waals surface area contributed by atoms with Gasteiger partial charge in [0.05, 0.1) is 4.47 Å². The van der Waals surface area contributed by atoms with E-state index in [9.17, 15) is 0 Å². The summed E-state index contributed by atoms with van der Waals surface area (Å²) in [4.78, 5) is 7.63. The zero-order valence-electron chi connectivity index (χ0n) is 9.25. The molecule has 1 fully saturated rings. The number of aromatic nitrogens is 2. The maximum absolute atomic E-state index is 5.46. The van der Waals surface area contributed by atoms with Crippen molar-refractivity contribution < 1.29 is 4.74 Å². The lowest BCUT2D eigenvalue weighted by molar-refractivity contribution is 0.116. The van der Waals surface area contributed by atoms with Gasteiger partial charge in [0.25, 0.3) is 0 Å². The Labute approximate surface area is 109 Å². The normalized spacial score (nSPS) is 15.4. The monoisotopic (exact) mass is 302 g/mol. The van der Waals surface area contributed by atoms with Gasteiger partial charge in [-0.05, 0) is 35.2 Å². The van der Waals surface area contributed by atoms with E-state index >= 15 is 0 Å². The van der Waals surface area contributed by atoms with Crippen molar-refractivity contribution in [3.63, 3.8) is 0 Å². The third-order valence-electron chi connectivity index (χ3n) is 2.51. The van der Waals surface area contributed by atoms with Gasteiger partial charge in [-0.25, -0.2) is 4.98 Å². The fourth-order valence-electron chi connectivity index (χ4n) is 1.56. The molecule has 1 aliphatic rings. The van der Waals surface area contributed by atoms with E-state index in [4.69, 9.17) is 17.0 Å². The fourth-order valence-corrected chi connectivity index (χ4v) is 2.29. The number of nitrogens with one attached hydrogen (secondary N) is 1. The molecule has 1 heterocycles. The van der Waals surface area contributed by atoms with Gasteiger partial charge >= 0.3 is 0 Å². The highest BCUT2D eigenvalue weighted by Crippen LogP contribution is 2.42. The molecule has 0 radical (unpaired) electrons. The number of H-pyrrole nitrogens is 1. The largest absolute Gasteiger partial charge is 0.374 e. The van der Waals surface area contributed by atoms with Crippen LogP contribution in [-0.4, -0.2) is 16.6 Å². The van der Waals surface area contributed by atoms with Crippen molar-refractivity contribution in [2.24, 2.45) is 0 Å². The number of halogens is 1. The Bertz CT molecular complexity index is 428. The first kappa shape index (κ1) is 12.2. The van der Waals surface area contributed by atoms with Crippen molar-refractivity contribution in [2.75, 3.05) is 6.61 Å². The van der Waals surface area contributed by atoms with Crippen molar-refractivity contribution in [1.29, 1.82) is 0 Å². The quantitative estimate of drug-likeness (QED) is 0.665. The van der Waals surface area contributed by atoms with E-state index in [2.05, 4.69) is 32.8 Å². The van der Waals surface area contributed by atoms with Gasteiger partial charge < -0.3 is 9.72 Å². The van der Waals surface area contributed by atoms with E-state index in [0.29, 0.717) is 17.2 Å². The minimum Gasteiger partial charge on any atom is -0.374 e. The van der Waals surface area contributed by atoms with Crippen molar-refractivity contribution in [1.82, 2.24) is 9.97 Å². The highest BCUT2D eigenvalue weighted by atomic mass is 79.9.